The first-order chi connectivity index (χ1) is 9.63. The molecular formula is C16H29N3O. The maximum atomic E-state index is 12.8. The average Bonchev–Trinajstić information content (AvgIpc) is 2.47. The molecule has 1 amide bonds. The van der Waals surface area contributed by atoms with E-state index in [1.165, 1.54) is 0 Å². The first-order valence-corrected chi connectivity index (χ1v) is 8.06. The first kappa shape index (κ1) is 17.0. The summed E-state index contributed by atoms with van der Waals surface area (Å²) in [5.41, 5.74) is -0.781. The summed E-state index contributed by atoms with van der Waals surface area (Å²) < 4.78 is 0. The Morgan fingerprint density at radius 1 is 1.05 bits per heavy atom. The second kappa shape index (κ2) is 8.26. The molecule has 0 aromatic rings. The predicted octanol–water partition coefficient (Wildman–Crippen LogP) is 2.65. The van der Waals surface area contributed by atoms with Gasteiger partial charge in [-0.15, -0.1) is 0 Å². The minimum absolute atomic E-state index is 0.0693. The quantitative estimate of drug-likeness (QED) is 0.720. The minimum atomic E-state index is -0.781. The lowest BCUT2D eigenvalue weighted by Gasteiger charge is -2.38. The van der Waals surface area contributed by atoms with Crippen LogP contribution in [0.1, 0.15) is 52.9 Å². The summed E-state index contributed by atoms with van der Waals surface area (Å²) >= 11 is 0. The molecule has 1 aliphatic heterocycles. The Balaban J connectivity index is 2.69. The highest BCUT2D eigenvalue weighted by atomic mass is 16.2. The number of amides is 1. The standard InChI is InChI=1S/C16H29N3O/c1-4-7-16(14-17,8-5-2)15(20)19-12-10-18(9-6-3)11-13-19/h4-13H2,1-3H3. The van der Waals surface area contributed by atoms with Crippen LogP contribution in [-0.2, 0) is 4.79 Å². The van der Waals surface area contributed by atoms with E-state index in [2.05, 4.69) is 17.9 Å². The lowest BCUT2D eigenvalue weighted by Crippen LogP contribution is -2.53. The number of rotatable bonds is 7. The van der Waals surface area contributed by atoms with Crippen LogP contribution in [0, 0.1) is 16.7 Å². The van der Waals surface area contributed by atoms with Crippen molar-refractivity contribution in [1.29, 1.82) is 5.26 Å². The smallest absolute Gasteiger partial charge is 0.243 e. The zero-order chi connectivity index (χ0) is 15.0. The van der Waals surface area contributed by atoms with E-state index < -0.39 is 5.41 Å². The Hall–Kier alpha value is -1.08. The van der Waals surface area contributed by atoms with Crippen LogP contribution in [0.4, 0.5) is 0 Å². The van der Waals surface area contributed by atoms with Gasteiger partial charge in [-0.05, 0) is 25.8 Å². The Bertz CT molecular complexity index is 334. The van der Waals surface area contributed by atoms with Crippen molar-refractivity contribution in [3.8, 4) is 6.07 Å². The van der Waals surface area contributed by atoms with Gasteiger partial charge in [0.05, 0.1) is 6.07 Å². The largest absolute Gasteiger partial charge is 0.339 e. The van der Waals surface area contributed by atoms with Gasteiger partial charge in [0.1, 0.15) is 5.41 Å². The molecular weight excluding hydrogens is 250 g/mol. The molecule has 20 heavy (non-hydrogen) atoms. The number of carbonyl (C=O) groups excluding carboxylic acids is 1. The van der Waals surface area contributed by atoms with E-state index in [1.807, 2.05) is 18.7 Å². The van der Waals surface area contributed by atoms with Crippen LogP contribution in [0.15, 0.2) is 0 Å². The summed E-state index contributed by atoms with van der Waals surface area (Å²) in [7, 11) is 0. The molecule has 0 aromatic heterocycles. The van der Waals surface area contributed by atoms with Gasteiger partial charge in [-0.3, -0.25) is 9.69 Å². The summed E-state index contributed by atoms with van der Waals surface area (Å²) in [6.07, 6.45) is 4.29. The Morgan fingerprint density at radius 3 is 2.00 bits per heavy atom. The number of hydrogen-bond acceptors (Lipinski definition) is 3. The topological polar surface area (TPSA) is 47.3 Å². The fourth-order valence-corrected chi connectivity index (χ4v) is 3.15. The van der Waals surface area contributed by atoms with E-state index in [0.29, 0.717) is 12.8 Å². The highest BCUT2D eigenvalue weighted by molar-refractivity contribution is 5.85. The number of hydrogen-bond donors (Lipinski definition) is 0. The van der Waals surface area contributed by atoms with Crippen molar-refractivity contribution < 1.29 is 4.79 Å². The van der Waals surface area contributed by atoms with Crippen LogP contribution >= 0.6 is 0 Å². The Morgan fingerprint density at radius 2 is 1.60 bits per heavy atom. The molecule has 0 radical (unpaired) electrons. The highest BCUT2D eigenvalue weighted by Gasteiger charge is 2.40. The molecule has 0 unspecified atom stereocenters. The molecule has 1 rings (SSSR count). The van der Waals surface area contributed by atoms with Gasteiger partial charge in [-0.2, -0.15) is 5.26 Å². The lowest BCUT2D eigenvalue weighted by molar-refractivity contribution is -0.141. The van der Waals surface area contributed by atoms with Crippen molar-refractivity contribution in [2.75, 3.05) is 32.7 Å². The molecule has 0 aliphatic carbocycles. The second-order valence-corrected chi connectivity index (χ2v) is 5.83. The molecule has 1 aliphatic rings. The van der Waals surface area contributed by atoms with Gasteiger partial charge in [0.2, 0.25) is 5.91 Å². The van der Waals surface area contributed by atoms with E-state index >= 15 is 0 Å². The van der Waals surface area contributed by atoms with Gasteiger partial charge in [-0.1, -0.05) is 33.6 Å². The van der Waals surface area contributed by atoms with Crippen molar-refractivity contribution in [3.05, 3.63) is 0 Å². The number of nitriles is 1. The van der Waals surface area contributed by atoms with Crippen LogP contribution in [0.5, 0.6) is 0 Å². The molecule has 1 fully saturated rings. The summed E-state index contributed by atoms with van der Waals surface area (Å²) in [5.74, 6) is 0.0693. The molecule has 1 saturated heterocycles. The number of carbonyl (C=O) groups is 1. The van der Waals surface area contributed by atoms with Gasteiger partial charge >= 0.3 is 0 Å². The van der Waals surface area contributed by atoms with E-state index in [9.17, 15) is 10.1 Å². The first-order valence-electron chi connectivity index (χ1n) is 8.06. The Labute approximate surface area is 123 Å². The van der Waals surface area contributed by atoms with Gasteiger partial charge in [-0.25, -0.2) is 0 Å². The monoisotopic (exact) mass is 279 g/mol. The van der Waals surface area contributed by atoms with E-state index in [4.69, 9.17) is 0 Å². The molecule has 1 heterocycles. The number of piperazine rings is 1. The molecule has 0 N–H and O–H groups in total. The summed E-state index contributed by atoms with van der Waals surface area (Å²) in [4.78, 5) is 17.1. The van der Waals surface area contributed by atoms with E-state index in [0.717, 1.165) is 52.0 Å². The van der Waals surface area contributed by atoms with Crippen molar-refractivity contribution in [2.45, 2.75) is 52.9 Å². The SMILES string of the molecule is CCCN1CCN(C(=O)C(C#N)(CCC)CCC)CC1. The van der Waals surface area contributed by atoms with Crippen LogP contribution in [0.25, 0.3) is 0 Å². The van der Waals surface area contributed by atoms with Crippen LogP contribution in [0.2, 0.25) is 0 Å². The fraction of sp³-hybridized carbons (Fsp3) is 0.875. The normalized spacial score (nSPS) is 17.0. The third-order valence-electron chi connectivity index (χ3n) is 4.18. The molecule has 0 bridgehead atoms. The van der Waals surface area contributed by atoms with E-state index in [-0.39, 0.29) is 5.91 Å². The van der Waals surface area contributed by atoms with Crippen LogP contribution in [0.3, 0.4) is 0 Å². The third-order valence-corrected chi connectivity index (χ3v) is 4.18. The van der Waals surface area contributed by atoms with Crippen molar-refractivity contribution >= 4 is 5.91 Å². The summed E-state index contributed by atoms with van der Waals surface area (Å²) in [5, 5.41) is 9.57. The lowest BCUT2D eigenvalue weighted by atomic mass is 9.79. The van der Waals surface area contributed by atoms with Gasteiger partial charge < -0.3 is 4.90 Å². The average molecular weight is 279 g/mol. The maximum Gasteiger partial charge on any atom is 0.243 e. The van der Waals surface area contributed by atoms with Crippen LogP contribution in [-0.4, -0.2) is 48.4 Å². The second-order valence-electron chi connectivity index (χ2n) is 5.83. The van der Waals surface area contributed by atoms with Gasteiger partial charge in [0.15, 0.2) is 0 Å². The third kappa shape index (κ3) is 3.96. The van der Waals surface area contributed by atoms with Crippen molar-refractivity contribution in [3.63, 3.8) is 0 Å². The molecule has 4 nitrogen and oxygen atoms in total. The molecule has 0 saturated carbocycles. The zero-order valence-electron chi connectivity index (χ0n) is 13.3. The summed E-state index contributed by atoms with van der Waals surface area (Å²) in [6, 6.07) is 2.35. The van der Waals surface area contributed by atoms with Crippen molar-refractivity contribution in [2.24, 2.45) is 5.41 Å². The van der Waals surface area contributed by atoms with Crippen molar-refractivity contribution in [1.82, 2.24) is 9.80 Å². The highest BCUT2D eigenvalue weighted by Crippen LogP contribution is 2.32. The molecule has 0 atom stereocenters. The molecule has 114 valence electrons. The molecule has 4 heteroatoms. The van der Waals surface area contributed by atoms with Gasteiger partial charge in [0.25, 0.3) is 0 Å². The summed E-state index contributed by atoms with van der Waals surface area (Å²) in [6.45, 7) is 10.8. The fourth-order valence-electron chi connectivity index (χ4n) is 3.15. The Kier molecular flexibility index (Phi) is 7.01. The molecule has 0 aromatic carbocycles. The predicted molar refractivity (Wildman–Crippen MR) is 81.2 cm³/mol. The maximum absolute atomic E-state index is 12.8. The van der Waals surface area contributed by atoms with Gasteiger partial charge in [0, 0.05) is 26.2 Å². The van der Waals surface area contributed by atoms with E-state index in [1.54, 1.807) is 0 Å². The zero-order valence-corrected chi connectivity index (χ0v) is 13.3. The number of nitrogens with zero attached hydrogens (tertiary/aromatic N) is 3. The van der Waals surface area contributed by atoms with Crippen LogP contribution < -0.4 is 0 Å². The molecule has 0 spiro atoms. The minimum Gasteiger partial charge on any atom is -0.339 e.